The van der Waals surface area contributed by atoms with Gasteiger partial charge in [-0.1, -0.05) is 0 Å². The first kappa shape index (κ1) is 23.1. The molecular weight excluding hydrogens is 462 g/mol. The number of rotatable bonds is 8. The number of carbonyl (C=O) groups is 1. The molecule has 2 N–H and O–H groups in total. The van der Waals surface area contributed by atoms with Crippen molar-refractivity contribution in [3.8, 4) is 6.01 Å². The van der Waals surface area contributed by atoms with Crippen molar-refractivity contribution < 1.29 is 19.0 Å². The maximum atomic E-state index is 13.1. The van der Waals surface area contributed by atoms with Gasteiger partial charge in [-0.05, 0) is 31.9 Å². The molecule has 1 amide bonds. The number of ether oxygens (including phenoxy) is 3. The minimum absolute atomic E-state index is 0.163. The standard InChI is InChI=1S/C25H31N7O4/c1-14(11-34-2)36-25-27-19(24(33)29-22-17-12-35-13-18(17)22)10-20(28-25)32-8-5-15(6-9-32)21-16-4-3-7-26-23(16)31-30-21/h3-4,7,10,14-15,17-18,22H,5-6,8-9,11-13H2,1-2H3,(H,29,33)(H,26,30,31)/t14-,17-,18+,22?/m1/s1. The molecule has 4 atom stereocenters. The Labute approximate surface area is 208 Å². The summed E-state index contributed by atoms with van der Waals surface area (Å²) in [7, 11) is 1.62. The van der Waals surface area contributed by atoms with Crippen molar-refractivity contribution in [3.63, 3.8) is 0 Å². The van der Waals surface area contributed by atoms with Crippen LogP contribution in [0.15, 0.2) is 24.4 Å². The quantitative estimate of drug-likeness (QED) is 0.484. The minimum atomic E-state index is -0.242. The van der Waals surface area contributed by atoms with Crippen molar-refractivity contribution in [2.45, 2.75) is 37.8 Å². The van der Waals surface area contributed by atoms with E-state index in [-0.39, 0.29) is 24.1 Å². The van der Waals surface area contributed by atoms with Gasteiger partial charge in [0.15, 0.2) is 5.65 Å². The number of fused-ring (bicyclic) bond motifs is 2. The lowest BCUT2D eigenvalue weighted by Gasteiger charge is -2.32. The van der Waals surface area contributed by atoms with Gasteiger partial charge in [0.1, 0.15) is 17.6 Å². The molecule has 11 heteroatoms. The number of nitrogens with zero attached hydrogens (tertiary/aromatic N) is 5. The Kier molecular flexibility index (Phi) is 6.18. The fourth-order valence-corrected chi connectivity index (χ4v) is 5.45. The zero-order valence-electron chi connectivity index (χ0n) is 20.5. The number of anilines is 1. The third-order valence-electron chi connectivity index (χ3n) is 7.47. The summed E-state index contributed by atoms with van der Waals surface area (Å²) in [5.74, 6) is 1.69. The second-order valence-corrected chi connectivity index (χ2v) is 9.92. The number of hydrogen-bond donors (Lipinski definition) is 2. The van der Waals surface area contributed by atoms with Gasteiger partial charge in [0.05, 0.1) is 19.8 Å². The van der Waals surface area contributed by atoms with Crippen LogP contribution in [-0.4, -0.2) is 83.2 Å². The lowest BCUT2D eigenvalue weighted by atomic mass is 9.92. The number of hydrogen-bond acceptors (Lipinski definition) is 9. The Morgan fingerprint density at radius 2 is 2.08 bits per heavy atom. The number of H-pyrrole nitrogens is 1. The van der Waals surface area contributed by atoms with Gasteiger partial charge in [-0.3, -0.25) is 9.89 Å². The highest BCUT2D eigenvalue weighted by Gasteiger charge is 2.54. The number of piperidine rings is 1. The summed E-state index contributed by atoms with van der Waals surface area (Å²) >= 11 is 0. The van der Waals surface area contributed by atoms with Gasteiger partial charge < -0.3 is 24.4 Å². The van der Waals surface area contributed by atoms with E-state index < -0.39 is 0 Å². The van der Waals surface area contributed by atoms with Crippen LogP contribution in [0.25, 0.3) is 11.0 Å². The van der Waals surface area contributed by atoms with Crippen LogP contribution in [0, 0.1) is 11.8 Å². The van der Waals surface area contributed by atoms with Gasteiger partial charge in [-0.25, -0.2) is 4.98 Å². The second-order valence-electron chi connectivity index (χ2n) is 9.92. The topological polar surface area (TPSA) is 127 Å². The smallest absolute Gasteiger partial charge is 0.319 e. The van der Waals surface area contributed by atoms with Crippen molar-refractivity contribution in [2.24, 2.45) is 11.8 Å². The van der Waals surface area contributed by atoms with Crippen LogP contribution in [0.2, 0.25) is 0 Å². The maximum absolute atomic E-state index is 13.1. The fraction of sp³-hybridized carbons (Fsp3) is 0.560. The summed E-state index contributed by atoms with van der Waals surface area (Å²) in [6, 6.07) is 6.13. The molecule has 190 valence electrons. The molecule has 6 rings (SSSR count). The van der Waals surface area contributed by atoms with Gasteiger partial charge in [0.25, 0.3) is 5.91 Å². The molecule has 1 saturated carbocycles. The number of aromatic nitrogens is 5. The van der Waals surface area contributed by atoms with Gasteiger partial charge in [-0.15, -0.1) is 0 Å². The molecule has 1 aliphatic carbocycles. The molecule has 2 saturated heterocycles. The Hall–Kier alpha value is -3.31. The lowest BCUT2D eigenvalue weighted by molar-refractivity contribution is 0.0840. The molecule has 3 fully saturated rings. The molecule has 0 bridgehead atoms. The van der Waals surface area contributed by atoms with Gasteiger partial charge in [0, 0.05) is 67.3 Å². The van der Waals surface area contributed by atoms with Crippen LogP contribution in [0.5, 0.6) is 6.01 Å². The highest BCUT2D eigenvalue weighted by molar-refractivity contribution is 5.93. The van der Waals surface area contributed by atoms with Gasteiger partial charge in [-0.2, -0.15) is 15.1 Å². The van der Waals surface area contributed by atoms with Gasteiger partial charge >= 0.3 is 6.01 Å². The third-order valence-corrected chi connectivity index (χ3v) is 7.47. The highest BCUT2D eigenvalue weighted by atomic mass is 16.5. The molecule has 3 aliphatic rings. The normalized spacial score (nSPS) is 24.5. The zero-order chi connectivity index (χ0) is 24.6. The first-order valence-electron chi connectivity index (χ1n) is 12.6. The van der Waals surface area contributed by atoms with E-state index in [0.717, 1.165) is 42.7 Å². The molecule has 3 aromatic rings. The fourth-order valence-electron chi connectivity index (χ4n) is 5.45. The molecule has 0 aromatic carbocycles. The zero-order valence-corrected chi connectivity index (χ0v) is 20.5. The monoisotopic (exact) mass is 493 g/mol. The van der Waals surface area contributed by atoms with Crippen molar-refractivity contribution in [2.75, 3.05) is 44.9 Å². The molecule has 36 heavy (non-hydrogen) atoms. The summed E-state index contributed by atoms with van der Waals surface area (Å²) in [4.78, 5) is 28.7. The number of aromatic amines is 1. The van der Waals surface area contributed by atoms with E-state index in [4.69, 9.17) is 14.2 Å². The third kappa shape index (κ3) is 4.48. The SMILES string of the molecule is COC[C@@H](C)Oc1nc(C(=O)NC2[C@H]3COC[C@@H]23)cc(N2CCC(c3[nH]nc4ncccc34)CC2)n1. The predicted molar refractivity (Wildman–Crippen MR) is 131 cm³/mol. The molecule has 1 unspecified atom stereocenters. The van der Waals surface area contributed by atoms with Crippen LogP contribution < -0.4 is 15.0 Å². The van der Waals surface area contributed by atoms with E-state index in [9.17, 15) is 4.79 Å². The Bertz CT molecular complexity index is 1230. The van der Waals surface area contributed by atoms with Crippen molar-refractivity contribution >= 4 is 22.8 Å². The lowest BCUT2D eigenvalue weighted by Crippen LogP contribution is -2.35. The second kappa shape index (κ2) is 9.62. The van der Waals surface area contributed by atoms with Crippen LogP contribution in [-0.2, 0) is 9.47 Å². The molecule has 11 nitrogen and oxygen atoms in total. The number of nitrogens with one attached hydrogen (secondary N) is 2. The first-order valence-corrected chi connectivity index (χ1v) is 12.6. The molecule has 0 spiro atoms. The van der Waals surface area contributed by atoms with Crippen LogP contribution >= 0.6 is 0 Å². The van der Waals surface area contributed by atoms with E-state index in [2.05, 4.69) is 41.4 Å². The number of methoxy groups -OCH3 is 1. The Balaban J connectivity index is 1.19. The maximum Gasteiger partial charge on any atom is 0.319 e. The van der Waals surface area contributed by atoms with E-state index in [1.54, 1.807) is 19.4 Å². The summed E-state index contributed by atoms with van der Waals surface area (Å²) in [5.41, 5.74) is 2.20. The van der Waals surface area contributed by atoms with Crippen molar-refractivity contribution in [1.29, 1.82) is 0 Å². The van der Waals surface area contributed by atoms with Gasteiger partial charge in [0.2, 0.25) is 0 Å². The Morgan fingerprint density at radius 1 is 1.28 bits per heavy atom. The summed E-state index contributed by atoms with van der Waals surface area (Å²) in [6.45, 7) is 5.30. The van der Waals surface area contributed by atoms with Crippen molar-refractivity contribution in [3.05, 3.63) is 35.8 Å². The van der Waals surface area contributed by atoms with E-state index in [1.165, 1.54) is 0 Å². The molecule has 5 heterocycles. The Morgan fingerprint density at radius 3 is 2.86 bits per heavy atom. The van der Waals surface area contributed by atoms with E-state index in [1.807, 2.05) is 13.0 Å². The van der Waals surface area contributed by atoms with E-state index in [0.29, 0.717) is 49.1 Å². The largest absolute Gasteiger partial charge is 0.458 e. The average molecular weight is 494 g/mol. The summed E-state index contributed by atoms with van der Waals surface area (Å²) in [6.07, 6.45) is 3.38. The minimum Gasteiger partial charge on any atom is -0.458 e. The van der Waals surface area contributed by atoms with Crippen LogP contribution in [0.4, 0.5) is 5.82 Å². The van der Waals surface area contributed by atoms with Crippen LogP contribution in [0.3, 0.4) is 0 Å². The number of pyridine rings is 1. The number of amides is 1. The summed E-state index contributed by atoms with van der Waals surface area (Å²) in [5, 5.41) is 11.8. The molecule has 2 aliphatic heterocycles. The van der Waals surface area contributed by atoms with Crippen LogP contribution in [0.1, 0.15) is 41.9 Å². The highest BCUT2D eigenvalue weighted by Crippen LogP contribution is 2.44. The van der Waals surface area contributed by atoms with E-state index >= 15 is 0 Å². The molecule has 3 aromatic heterocycles. The molecular formula is C25H31N7O4. The predicted octanol–water partition coefficient (Wildman–Crippen LogP) is 1.92. The summed E-state index contributed by atoms with van der Waals surface area (Å²) < 4.78 is 16.5. The average Bonchev–Trinajstić information content (AvgIpc) is 3.23. The number of carbonyl (C=O) groups excluding carboxylic acids is 1. The molecule has 0 radical (unpaired) electrons. The first-order chi connectivity index (χ1) is 17.6. The van der Waals surface area contributed by atoms with Crippen molar-refractivity contribution in [1.82, 2.24) is 30.5 Å².